The number of para-hydroxylation sites is 4. The number of rotatable bonds is 8. The Bertz CT molecular complexity index is 4730. The smallest absolute Gasteiger partial charge is 0.185 e. The van der Waals surface area contributed by atoms with Crippen molar-refractivity contribution in [2.45, 2.75) is 99.3 Å². The van der Waals surface area contributed by atoms with Crippen molar-refractivity contribution in [3.05, 3.63) is 264 Å². The minimum absolute atomic E-state index is 0.0394. The minimum Gasteiger partial charge on any atom is -0.457 e. The Morgan fingerprint density at radius 2 is 1.00 bits per heavy atom. The summed E-state index contributed by atoms with van der Waals surface area (Å²) in [7, 11) is -3.02. The summed E-state index contributed by atoms with van der Waals surface area (Å²) in [6.45, 7) is 27.1. The van der Waals surface area contributed by atoms with Gasteiger partial charge in [0.2, 0.25) is 0 Å². The van der Waals surface area contributed by atoms with Crippen molar-refractivity contribution in [1.82, 2.24) is 4.98 Å². The number of hydrogen-bond acceptors (Lipinski definition) is 5. The molecule has 0 saturated heterocycles. The van der Waals surface area contributed by atoms with Crippen molar-refractivity contribution < 1.29 is 11.6 Å². The Kier molecular flexibility index (Phi) is 11.9. The number of anilines is 7. The maximum Gasteiger partial charge on any atom is 0.185 e. The van der Waals surface area contributed by atoms with Crippen LogP contribution in [-0.4, -0.2) is 19.7 Å². The van der Waals surface area contributed by atoms with Crippen LogP contribution in [0.25, 0.3) is 44.5 Å². The summed E-state index contributed by atoms with van der Waals surface area (Å²) in [4.78, 5) is 12.3. The Hall–Kier alpha value is -9.23. The van der Waals surface area contributed by atoms with Gasteiger partial charge in [-0.15, -0.1) is 0 Å². The van der Waals surface area contributed by atoms with Crippen LogP contribution in [0, 0.1) is 20.8 Å². The lowest BCUT2D eigenvalue weighted by Crippen LogP contribution is -2.75. The molecule has 0 bridgehead atoms. The van der Waals surface area contributed by atoms with Gasteiger partial charge in [0, 0.05) is 46.4 Å². The maximum absolute atomic E-state index is 9.38. The molecule has 3 aliphatic rings. The van der Waals surface area contributed by atoms with E-state index in [1.54, 1.807) is 0 Å². The molecule has 3 aliphatic heterocycles. The molecule has 0 unspecified atom stereocenters. The Morgan fingerprint density at radius 1 is 0.425 bits per heavy atom. The number of aryl methyl sites for hydroxylation is 3. The summed E-state index contributed by atoms with van der Waals surface area (Å²) in [5.74, 6) is 2.16. The summed E-state index contributed by atoms with van der Waals surface area (Å²) in [6.07, 6.45) is 2.04. The molecule has 0 aliphatic carbocycles. The molecule has 0 atom stereocenters. The molecule has 6 heteroatoms. The molecule has 1 aromatic heterocycles. The molecule has 87 heavy (non-hydrogen) atoms. The number of pyridine rings is 1. The van der Waals surface area contributed by atoms with Gasteiger partial charge in [-0.2, -0.15) is 0 Å². The number of aromatic nitrogens is 1. The predicted octanol–water partition coefficient (Wildman–Crippen LogP) is 19.1. The minimum atomic E-state index is -3.02. The Labute approximate surface area is 523 Å². The van der Waals surface area contributed by atoms with Crippen molar-refractivity contribution in [1.29, 1.82) is 0 Å². The number of fused-ring (bicyclic) bond motifs is 10. The third-order valence-corrected chi connectivity index (χ3v) is 23.1. The maximum atomic E-state index is 9.38. The van der Waals surface area contributed by atoms with Crippen LogP contribution in [0.1, 0.15) is 103 Å². The van der Waals surface area contributed by atoms with Crippen LogP contribution in [0.5, 0.6) is 11.5 Å². The zero-order valence-electron chi connectivity index (χ0n) is 57.0. The molecule has 1 spiro atoms. The molecule has 5 nitrogen and oxygen atoms in total. The molecular formula is C81H76N4OSi. The normalized spacial score (nSPS) is 14.8. The number of benzene rings is 10. The first-order valence-corrected chi connectivity index (χ1v) is 32.4. The average Bonchev–Trinajstić information content (AvgIpc) is 1.43. The van der Waals surface area contributed by atoms with Crippen molar-refractivity contribution in [3.63, 3.8) is 0 Å². The standard InChI is InChI=1S/C81H76N4OSi/c1-52-32-39-66-67-40-33-53(2)43-76(67)87(75(66)42-52)73-31-19-18-30-71(73)85(77-44-54(3)68(50-82-77)56-34-36-58(37-35-56)79(4,5)6)72-49-63(38-41-74(72)87)86-62-25-20-24-61(48-62)83-51-84(70-29-17-16-28-69(70)83)78-64(55-22-14-13-15-23-55)26-21-27-65(78)57-45-59(80(7,8)9)47-60(46-57)81(10,11)12/h13-50H,51H2,1-12H3/i13D,14D,15D,22D,23D. The second kappa shape index (κ2) is 20.7. The van der Waals surface area contributed by atoms with E-state index < -0.39 is 14.1 Å². The lowest BCUT2D eigenvalue weighted by molar-refractivity contribution is 0.483. The van der Waals surface area contributed by atoms with Crippen molar-refractivity contribution in [2.75, 3.05) is 21.4 Å². The average molecular weight is 1150 g/mol. The van der Waals surface area contributed by atoms with E-state index in [1.807, 2.05) is 42.6 Å². The number of ether oxygens (including phenoxy) is 1. The van der Waals surface area contributed by atoms with Crippen molar-refractivity contribution in [3.8, 4) is 56.0 Å². The Balaban J connectivity index is 0.904. The summed E-state index contributed by atoms with van der Waals surface area (Å²) in [6, 6.07) is 68.6. The van der Waals surface area contributed by atoms with Crippen LogP contribution in [0.3, 0.4) is 0 Å². The van der Waals surface area contributed by atoms with Gasteiger partial charge in [-0.25, -0.2) is 4.98 Å². The molecule has 0 amide bonds. The molecule has 0 radical (unpaired) electrons. The third-order valence-electron chi connectivity index (χ3n) is 18.2. The highest BCUT2D eigenvalue weighted by atomic mass is 28.3. The largest absolute Gasteiger partial charge is 0.457 e. The highest BCUT2D eigenvalue weighted by Crippen LogP contribution is 2.52. The molecule has 0 N–H and O–H groups in total. The van der Waals surface area contributed by atoms with E-state index in [1.165, 1.54) is 59.7 Å². The van der Waals surface area contributed by atoms with E-state index in [9.17, 15) is 2.74 Å². The summed E-state index contributed by atoms with van der Waals surface area (Å²) in [5.41, 5.74) is 19.9. The van der Waals surface area contributed by atoms with Crippen LogP contribution in [0.4, 0.5) is 39.9 Å². The highest BCUT2D eigenvalue weighted by Gasteiger charge is 2.54. The SMILES string of the molecule is [2H]c1c([2H])c([2H])c(-c2cccc(-c3cc(C(C)(C)C)cc(C(C)(C)C)c3)c2N2CN(c3cccc(Oc4ccc5c(c4)N(c4cc(C)c(-c6ccc(C(C)(C)C)cc6)cn4)c4ccccc4[Si]54c5cc(C)ccc5-c5ccc(C)cc54)c3)c3ccccc32)c([2H])c1[2H]. The first-order valence-electron chi connectivity index (χ1n) is 32.9. The van der Waals surface area contributed by atoms with Crippen LogP contribution in [0.2, 0.25) is 0 Å². The molecule has 4 heterocycles. The monoisotopic (exact) mass is 1150 g/mol. The van der Waals surface area contributed by atoms with E-state index in [4.69, 9.17) is 13.8 Å². The van der Waals surface area contributed by atoms with Crippen molar-refractivity contribution in [2.24, 2.45) is 0 Å². The predicted molar refractivity (Wildman–Crippen MR) is 370 cm³/mol. The summed E-state index contributed by atoms with van der Waals surface area (Å²) >= 11 is 0. The quantitative estimate of drug-likeness (QED) is 0.142. The lowest BCUT2D eigenvalue weighted by atomic mass is 9.78. The molecule has 430 valence electrons. The van der Waals surface area contributed by atoms with Gasteiger partial charge in [-0.05, 0) is 150 Å². The summed E-state index contributed by atoms with van der Waals surface area (Å²) in [5, 5.41) is 5.37. The van der Waals surface area contributed by atoms with Crippen LogP contribution >= 0.6 is 0 Å². The Morgan fingerprint density at radius 3 is 1.63 bits per heavy atom. The molecular weight excluding hydrogens is 1070 g/mol. The van der Waals surface area contributed by atoms with Crippen LogP contribution in [0.15, 0.2) is 231 Å². The number of hydrogen-bond donors (Lipinski definition) is 0. The highest BCUT2D eigenvalue weighted by molar-refractivity contribution is 7.23. The summed E-state index contributed by atoms with van der Waals surface area (Å²) < 4.78 is 52.3. The second-order valence-corrected chi connectivity index (χ2v) is 30.8. The first-order chi connectivity index (χ1) is 43.8. The van der Waals surface area contributed by atoms with E-state index >= 15 is 0 Å². The third kappa shape index (κ3) is 9.48. The van der Waals surface area contributed by atoms with Gasteiger partial charge in [0.25, 0.3) is 0 Å². The van der Waals surface area contributed by atoms with Crippen LogP contribution in [-0.2, 0) is 16.2 Å². The van der Waals surface area contributed by atoms with Gasteiger partial charge in [0.1, 0.15) is 24.0 Å². The molecule has 10 aromatic carbocycles. The van der Waals surface area contributed by atoms with E-state index in [2.05, 4.69) is 256 Å². The zero-order valence-corrected chi connectivity index (χ0v) is 53.0. The fourth-order valence-electron chi connectivity index (χ4n) is 13.6. The molecule has 14 rings (SSSR count). The van der Waals surface area contributed by atoms with E-state index in [-0.39, 0.29) is 46.0 Å². The van der Waals surface area contributed by atoms with Gasteiger partial charge in [-0.3, -0.25) is 4.90 Å². The second-order valence-electron chi connectivity index (χ2n) is 27.2. The van der Waals surface area contributed by atoms with Gasteiger partial charge in [-0.1, -0.05) is 243 Å². The van der Waals surface area contributed by atoms with Gasteiger partial charge in [0.05, 0.1) is 29.6 Å². The number of nitrogens with zero attached hydrogens (tertiary/aromatic N) is 4. The van der Waals surface area contributed by atoms with Gasteiger partial charge >= 0.3 is 0 Å². The fourth-order valence-corrected chi connectivity index (χ4v) is 19.3. The van der Waals surface area contributed by atoms with E-state index in [0.29, 0.717) is 23.7 Å². The lowest BCUT2D eigenvalue weighted by Gasteiger charge is -2.43. The fraction of sp³-hybridized carbons (Fsp3) is 0.198. The molecule has 0 fully saturated rings. The topological polar surface area (TPSA) is 31.8 Å². The van der Waals surface area contributed by atoms with E-state index in [0.717, 1.165) is 67.8 Å². The van der Waals surface area contributed by atoms with Crippen molar-refractivity contribution >= 4 is 68.8 Å². The molecule has 0 saturated carbocycles. The van der Waals surface area contributed by atoms with Gasteiger partial charge in [0.15, 0.2) is 8.07 Å². The van der Waals surface area contributed by atoms with Gasteiger partial charge < -0.3 is 14.5 Å². The molecule has 11 aromatic rings. The zero-order chi connectivity index (χ0) is 64.7. The van der Waals surface area contributed by atoms with Crippen LogP contribution < -0.4 is 40.2 Å². The first kappa shape index (κ1) is 50.0.